The minimum absolute atomic E-state index is 0.00188. The number of H-pyrrole nitrogens is 1. The SMILES string of the molecule is Cc1ccc2[nH]c(O)c(N=NC(=S)Nc3cccc(S(N)(=O)=O)c3)c2c1. The lowest BCUT2D eigenvalue weighted by atomic mass is 10.2. The van der Waals surface area contributed by atoms with E-state index in [4.69, 9.17) is 17.4 Å². The summed E-state index contributed by atoms with van der Waals surface area (Å²) in [6.45, 7) is 1.93. The van der Waals surface area contributed by atoms with Crippen LogP contribution in [0.1, 0.15) is 5.56 Å². The first-order chi connectivity index (χ1) is 12.2. The fourth-order valence-corrected chi connectivity index (χ4v) is 3.09. The number of aromatic amines is 1. The molecule has 5 N–H and O–H groups in total. The van der Waals surface area contributed by atoms with Crippen molar-refractivity contribution in [2.75, 3.05) is 5.32 Å². The van der Waals surface area contributed by atoms with Gasteiger partial charge in [-0.15, -0.1) is 10.2 Å². The summed E-state index contributed by atoms with van der Waals surface area (Å²) in [6.07, 6.45) is 0. The van der Waals surface area contributed by atoms with Gasteiger partial charge in [-0.3, -0.25) is 0 Å². The van der Waals surface area contributed by atoms with E-state index in [0.29, 0.717) is 11.1 Å². The lowest BCUT2D eigenvalue weighted by Gasteiger charge is -2.05. The first-order valence-electron chi connectivity index (χ1n) is 7.41. The van der Waals surface area contributed by atoms with Gasteiger partial charge in [0.2, 0.25) is 21.0 Å². The Hall–Kier alpha value is -2.82. The Kier molecular flexibility index (Phi) is 4.72. The van der Waals surface area contributed by atoms with Crippen LogP contribution in [-0.2, 0) is 10.0 Å². The van der Waals surface area contributed by atoms with Crippen LogP contribution in [0.4, 0.5) is 11.4 Å². The molecule has 0 aliphatic heterocycles. The zero-order valence-corrected chi connectivity index (χ0v) is 15.2. The van der Waals surface area contributed by atoms with Gasteiger partial charge in [-0.05, 0) is 49.5 Å². The fraction of sp³-hybridized carbons (Fsp3) is 0.0625. The number of primary sulfonamides is 1. The lowest BCUT2D eigenvalue weighted by Crippen LogP contribution is -2.13. The molecule has 0 aliphatic carbocycles. The second-order valence-electron chi connectivity index (χ2n) is 5.57. The van der Waals surface area contributed by atoms with Gasteiger partial charge < -0.3 is 15.4 Å². The molecule has 1 heterocycles. The summed E-state index contributed by atoms with van der Waals surface area (Å²) < 4.78 is 22.8. The molecule has 10 heteroatoms. The number of thiocarbonyl (C=S) groups is 1. The normalized spacial score (nSPS) is 11.9. The first kappa shape index (κ1) is 18.0. The van der Waals surface area contributed by atoms with E-state index in [1.807, 2.05) is 25.1 Å². The second-order valence-corrected chi connectivity index (χ2v) is 7.52. The van der Waals surface area contributed by atoms with Crippen LogP contribution in [0.15, 0.2) is 57.6 Å². The van der Waals surface area contributed by atoms with Gasteiger partial charge in [-0.2, -0.15) is 0 Å². The molecule has 0 fully saturated rings. The summed E-state index contributed by atoms with van der Waals surface area (Å²) in [5, 5.41) is 26.4. The molecule has 0 bridgehead atoms. The zero-order valence-electron chi connectivity index (χ0n) is 13.6. The van der Waals surface area contributed by atoms with Gasteiger partial charge in [-0.1, -0.05) is 17.7 Å². The molecule has 26 heavy (non-hydrogen) atoms. The van der Waals surface area contributed by atoms with E-state index >= 15 is 0 Å². The standard InChI is InChI=1S/C16H15N5O3S2/c1-9-5-6-13-12(7-9)14(15(22)19-13)20-21-16(25)18-10-3-2-4-11(8-10)26(17,23)24/h2-8,19,22H,1H3,(H,18,25)(H2,17,23,24). The molecule has 0 atom stereocenters. The molecule has 134 valence electrons. The number of nitrogens with two attached hydrogens (primary N) is 1. The zero-order chi connectivity index (χ0) is 18.9. The van der Waals surface area contributed by atoms with E-state index in [1.54, 1.807) is 6.07 Å². The van der Waals surface area contributed by atoms with Crippen LogP contribution in [0.5, 0.6) is 5.88 Å². The highest BCUT2D eigenvalue weighted by atomic mass is 32.2. The Morgan fingerprint density at radius 3 is 2.77 bits per heavy atom. The number of fused-ring (bicyclic) bond motifs is 1. The van der Waals surface area contributed by atoms with Crippen LogP contribution in [0.3, 0.4) is 0 Å². The predicted octanol–water partition coefficient (Wildman–Crippen LogP) is 3.31. The van der Waals surface area contributed by atoms with Crippen LogP contribution >= 0.6 is 12.2 Å². The quantitative estimate of drug-likeness (QED) is 0.403. The topological polar surface area (TPSA) is 133 Å². The summed E-state index contributed by atoms with van der Waals surface area (Å²) in [4.78, 5) is 2.76. The number of azo groups is 1. The molecule has 2 aromatic carbocycles. The Morgan fingerprint density at radius 1 is 1.27 bits per heavy atom. The van der Waals surface area contributed by atoms with Crippen molar-refractivity contribution in [2.45, 2.75) is 11.8 Å². The van der Waals surface area contributed by atoms with Crippen LogP contribution in [0.25, 0.3) is 10.9 Å². The van der Waals surface area contributed by atoms with Crippen molar-refractivity contribution >= 4 is 49.6 Å². The van der Waals surface area contributed by atoms with E-state index in [2.05, 4.69) is 20.5 Å². The number of benzene rings is 2. The Labute approximate surface area is 154 Å². The fourth-order valence-electron chi connectivity index (χ4n) is 2.37. The van der Waals surface area contributed by atoms with Gasteiger partial charge in [0.05, 0.1) is 10.4 Å². The number of nitrogens with zero attached hydrogens (tertiary/aromatic N) is 2. The number of rotatable bonds is 3. The van der Waals surface area contributed by atoms with Crippen LogP contribution < -0.4 is 10.5 Å². The maximum Gasteiger partial charge on any atom is 0.238 e. The maximum atomic E-state index is 11.4. The third kappa shape index (κ3) is 3.87. The van der Waals surface area contributed by atoms with Gasteiger partial charge in [-0.25, -0.2) is 13.6 Å². The summed E-state index contributed by atoms with van der Waals surface area (Å²) in [5.41, 5.74) is 2.40. The third-order valence-electron chi connectivity index (χ3n) is 3.56. The lowest BCUT2D eigenvalue weighted by molar-refractivity contribution is 0.459. The number of aromatic hydroxyl groups is 1. The van der Waals surface area contributed by atoms with E-state index in [0.717, 1.165) is 11.1 Å². The highest BCUT2D eigenvalue weighted by Gasteiger charge is 2.11. The van der Waals surface area contributed by atoms with Crippen molar-refractivity contribution < 1.29 is 13.5 Å². The van der Waals surface area contributed by atoms with Crippen molar-refractivity contribution in [3.8, 4) is 5.88 Å². The Balaban J connectivity index is 1.83. The van der Waals surface area contributed by atoms with E-state index < -0.39 is 10.0 Å². The molecule has 0 saturated carbocycles. The number of anilines is 1. The average Bonchev–Trinajstić information content (AvgIpc) is 2.87. The van der Waals surface area contributed by atoms with Crippen LogP contribution in [0.2, 0.25) is 0 Å². The van der Waals surface area contributed by atoms with E-state index in [-0.39, 0.29) is 21.6 Å². The summed E-state index contributed by atoms with van der Waals surface area (Å²) in [6, 6.07) is 11.5. The summed E-state index contributed by atoms with van der Waals surface area (Å²) in [5.74, 6) is -0.117. The van der Waals surface area contributed by atoms with Gasteiger partial charge in [0, 0.05) is 11.1 Å². The minimum Gasteiger partial charge on any atom is -0.493 e. The molecule has 0 spiro atoms. The number of sulfonamides is 1. The van der Waals surface area contributed by atoms with Crippen molar-refractivity contribution in [1.29, 1.82) is 0 Å². The molecule has 0 amide bonds. The smallest absolute Gasteiger partial charge is 0.238 e. The largest absolute Gasteiger partial charge is 0.493 e. The Bertz CT molecular complexity index is 1140. The Morgan fingerprint density at radius 2 is 2.04 bits per heavy atom. The van der Waals surface area contributed by atoms with Crippen molar-refractivity contribution in [3.63, 3.8) is 0 Å². The van der Waals surface area contributed by atoms with Crippen molar-refractivity contribution in [2.24, 2.45) is 15.4 Å². The maximum absolute atomic E-state index is 11.4. The predicted molar refractivity (Wildman–Crippen MR) is 103 cm³/mol. The number of nitrogens with one attached hydrogen (secondary N) is 2. The van der Waals surface area contributed by atoms with Crippen LogP contribution in [0, 0.1) is 6.92 Å². The number of aryl methyl sites for hydroxylation is 1. The van der Waals surface area contributed by atoms with Crippen LogP contribution in [-0.4, -0.2) is 23.6 Å². The molecular formula is C16H15N5O3S2. The van der Waals surface area contributed by atoms with Crippen molar-refractivity contribution in [1.82, 2.24) is 4.98 Å². The third-order valence-corrected chi connectivity index (χ3v) is 4.66. The summed E-state index contributed by atoms with van der Waals surface area (Å²) >= 11 is 5.09. The minimum atomic E-state index is -3.82. The van der Waals surface area contributed by atoms with Gasteiger partial charge in [0.15, 0.2) is 5.69 Å². The average molecular weight is 389 g/mol. The molecule has 8 nitrogen and oxygen atoms in total. The van der Waals surface area contributed by atoms with E-state index in [9.17, 15) is 13.5 Å². The molecule has 0 aliphatic rings. The molecule has 3 rings (SSSR count). The molecule has 0 radical (unpaired) electrons. The van der Waals surface area contributed by atoms with Gasteiger partial charge >= 0.3 is 0 Å². The molecular weight excluding hydrogens is 374 g/mol. The molecule has 0 saturated heterocycles. The molecule has 0 unspecified atom stereocenters. The molecule has 3 aromatic rings. The summed E-state index contributed by atoms with van der Waals surface area (Å²) in [7, 11) is -3.82. The monoisotopic (exact) mass is 389 g/mol. The number of aromatic nitrogens is 1. The highest BCUT2D eigenvalue weighted by molar-refractivity contribution is 7.89. The molecule has 1 aromatic heterocycles. The van der Waals surface area contributed by atoms with Crippen molar-refractivity contribution in [3.05, 3.63) is 48.0 Å². The van der Waals surface area contributed by atoms with Gasteiger partial charge in [0.1, 0.15) is 0 Å². The number of hydrogen-bond acceptors (Lipinski definition) is 5. The number of hydrogen-bond donors (Lipinski definition) is 4. The second kappa shape index (κ2) is 6.83. The highest BCUT2D eigenvalue weighted by Crippen LogP contribution is 2.35. The van der Waals surface area contributed by atoms with Gasteiger partial charge in [0.25, 0.3) is 0 Å². The van der Waals surface area contributed by atoms with E-state index in [1.165, 1.54) is 18.2 Å². The first-order valence-corrected chi connectivity index (χ1v) is 9.36.